The van der Waals surface area contributed by atoms with E-state index in [0.29, 0.717) is 17.1 Å². The van der Waals surface area contributed by atoms with Crippen molar-refractivity contribution >= 4 is 12.1 Å². The number of rotatable bonds is 2. The first kappa shape index (κ1) is 10.2. The predicted octanol–water partition coefficient (Wildman–Crippen LogP) is -0.0278. The van der Waals surface area contributed by atoms with Crippen molar-refractivity contribution in [2.24, 2.45) is 0 Å². The monoisotopic (exact) mass is 196 g/mol. The molecule has 1 heterocycles. The highest BCUT2D eigenvalue weighted by Crippen LogP contribution is 2.32. The summed E-state index contributed by atoms with van der Waals surface area (Å²) in [6.45, 7) is 0.161. The molecule has 0 aromatic heterocycles. The Hall–Kier alpha value is -1.88. The van der Waals surface area contributed by atoms with Gasteiger partial charge in [0.2, 0.25) is 12.6 Å². The summed E-state index contributed by atoms with van der Waals surface area (Å²) in [7, 11) is 0. The van der Waals surface area contributed by atoms with E-state index in [1.54, 1.807) is 6.07 Å². The minimum Gasteiger partial charge on any atom is -0.454 e. The highest BCUT2D eigenvalue weighted by atomic mass is 16.7. The molecule has 1 aliphatic heterocycles. The number of hydrogen-bond donors (Lipinski definition) is 0. The molecule has 1 aromatic rings. The van der Waals surface area contributed by atoms with Crippen LogP contribution in [-0.2, 0) is 4.79 Å². The molecule has 2 rings (SSSR count). The number of benzene rings is 1. The SMILES string of the molecule is O.O=CC(=O)c1ccc2c(c1)OCO2. The Balaban J connectivity index is 0.000000980. The topological polar surface area (TPSA) is 84.1 Å². The third kappa shape index (κ3) is 1.57. The summed E-state index contributed by atoms with van der Waals surface area (Å²) in [5.74, 6) is 0.549. The van der Waals surface area contributed by atoms with Crippen molar-refractivity contribution < 1.29 is 24.5 Å². The first-order valence-electron chi connectivity index (χ1n) is 3.70. The minimum absolute atomic E-state index is 0. The molecule has 0 saturated carbocycles. The fourth-order valence-corrected chi connectivity index (χ4v) is 1.12. The van der Waals surface area contributed by atoms with Crippen LogP contribution in [0.2, 0.25) is 0 Å². The zero-order valence-corrected chi connectivity index (χ0v) is 7.15. The summed E-state index contributed by atoms with van der Waals surface area (Å²) >= 11 is 0. The molecular formula is C9H8O5. The minimum atomic E-state index is -0.557. The van der Waals surface area contributed by atoms with Crippen LogP contribution >= 0.6 is 0 Å². The van der Waals surface area contributed by atoms with Crippen molar-refractivity contribution in [3.63, 3.8) is 0 Å². The van der Waals surface area contributed by atoms with Crippen LogP contribution < -0.4 is 9.47 Å². The number of carbonyl (C=O) groups excluding carboxylic acids is 2. The van der Waals surface area contributed by atoms with Gasteiger partial charge < -0.3 is 14.9 Å². The third-order valence-electron chi connectivity index (χ3n) is 1.76. The number of Topliss-reactive ketones (excluding diaryl/α,β-unsaturated/α-hetero) is 1. The van der Waals surface area contributed by atoms with Gasteiger partial charge >= 0.3 is 0 Å². The van der Waals surface area contributed by atoms with Crippen molar-refractivity contribution in [1.29, 1.82) is 0 Å². The van der Waals surface area contributed by atoms with Crippen molar-refractivity contribution in [1.82, 2.24) is 0 Å². The Morgan fingerprint density at radius 3 is 2.71 bits per heavy atom. The second kappa shape index (κ2) is 3.89. The van der Waals surface area contributed by atoms with Crippen LogP contribution in [0.25, 0.3) is 0 Å². The van der Waals surface area contributed by atoms with E-state index < -0.39 is 5.78 Å². The smallest absolute Gasteiger partial charge is 0.231 e. The van der Waals surface area contributed by atoms with Gasteiger partial charge in [0.05, 0.1) is 0 Å². The Morgan fingerprint density at radius 2 is 2.00 bits per heavy atom. The molecule has 0 bridgehead atoms. The largest absolute Gasteiger partial charge is 0.454 e. The molecule has 0 radical (unpaired) electrons. The van der Waals surface area contributed by atoms with E-state index in [1.807, 2.05) is 0 Å². The number of ketones is 1. The number of ether oxygens (including phenoxy) is 2. The first-order chi connectivity index (χ1) is 6.31. The highest BCUT2D eigenvalue weighted by Gasteiger charge is 2.15. The van der Waals surface area contributed by atoms with E-state index in [2.05, 4.69) is 0 Å². The van der Waals surface area contributed by atoms with Gasteiger partial charge in [0, 0.05) is 5.56 Å². The molecule has 0 spiro atoms. The van der Waals surface area contributed by atoms with E-state index in [0.717, 1.165) is 0 Å². The van der Waals surface area contributed by atoms with Gasteiger partial charge in [-0.05, 0) is 18.2 Å². The van der Waals surface area contributed by atoms with Gasteiger partial charge in [-0.2, -0.15) is 0 Å². The number of fused-ring (bicyclic) bond motifs is 1. The summed E-state index contributed by atoms with van der Waals surface area (Å²) in [5, 5.41) is 0. The third-order valence-corrected chi connectivity index (χ3v) is 1.76. The van der Waals surface area contributed by atoms with Gasteiger partial charge in [-0.3, -0.25) is 9.59 Å². The maximum Gasteiger partial charge on any atom is 0.231 e. The Kier molecular flexibility index (Phi) is 2.83. The fraction of sp³-hybridized carbons (Fsp3) is 0.111. The molecule has 5 heteroatoms. The molecule has 14 heavy (non-hydrogen) atoms. The standard InChI is InChI=1S/C9H6O4.H2O/c10-4-7(11)6-1-2-8-9(3-6)13-5-12-8;/h1-4H,5H2;1H2. The molecule has 0 amide bonds. The van der Waals surface area contributed by atoms with E-state index in [-0.39, 0.29) is 18.6 Å². The average Bonchev–Trinajstić information content (AvgIpc) is 2.63. The Labute approximate surface area is 79.6 Å². The Bertz CT molecular complexity index is 371. The van der Waals surface area contributed by atoms with Crippen LogP contribution in [0.3, 0.4) is 0 Å². The van der Waals surface area contributed by atoms with Crippen molar-refractivity contribution in [2.75, 3.05) is 6.79 Å². The molecule has 1 aromatic carbocycles. The van der Waals surface area contributed by atoms with E-state index in [1.165, 1.54) is 12.1 Å². The summed E-state index contributed by atoms with van der Waals surface area (Å²) in [6.07, 6.45) is 0.275. The maximum atomic E-state index is 10.9. The summed E-state index contributed by atoms with van der Waals surface area (Å²) < 4.78 is 10.1. The van der Waals surface area contributed by atoms with Crippen molar-refractivity contribution in [2.45, 2.75) is 0 Å². The van der Waals surface area contributed by atoms with Crippen molar-refractivity contribution in [3.8, 4) is 11.5 Å². The van der Waals surface area contributed by atoms with Crippen molar-refractivity contribution in [3.05, 3.63) is 23.8 Å². The molecule has 0 aliphatic carbocycles. The summed E-state index contributed by atoms with van der Waals surface area (Å²) in [5.41, 5.74) is 0.319. The molecule has 1 aliphatic rings. The highest BCUT2D eigenvalue weighted by molar-refractivity contribution is 6.33. The van der Waals surface area contributed by atoms with E-state index in [9.17, 15) is 9.59 Å². The average molecular weight is 196 g/mol. The quantitative estimate of drug-likeness (QED) is 0.377. The van der Waals surface area contributed by atoms with Crippen LogP contribution in [0.15, 0.2) is 18.2 Å². The van der Waals surface area contributed by atoms with Gasteiger partial charge in [0.15, 0.2) is 17.8 Å². The van der Waals surface area contributed by atoms with Crippen LogP contribution in [0.1, 0.15) is 10.4 Å². The molecule has 74 valence electrons. The number of carbonyl (C=O) groups is 2. The van der Waals surface area contributed by atoms with Gasteiger partial charge in [-0.25, -0.2) is 0 Å². The molecule has 0 atom stereocenters. The lowest BCUT2D eigenvalue weighted by atomic mass is 10.1. The molecule has 0 unspecified atom stereocenters. The van der Waals surface area contributed by atoms with Crippen LogP contribution in [0, 0.1) is 0 Å². The lowest BCUT2D eigenvalue weighted by Gasteiger charge is -1.96. The molecule has 2 N–H and O–H groups in total. The fourth-order valence-electron chi connectivity index (χ4n) is 1.12. The number of aldehydes is 1. The van der Waals surface area contributed by atoms with Gasteiger partial charge in [0.25, 0.3) is 0 Å². The van der Waals surface area contributed by atoms with E-state index in [4.69, 9.17) is 9.47 Å². The van der Waals surface area contributed by atoms with Crippen LogP contribution in [0.4, 0.5) is 0 Å². The van der Waals surface area contributed by atoms with Crippen LogP contribution in [-0.4, -0.2) is 24.3 Å². The Morgan fingerprint density at radius 1 is 1.29 bits per heavy atom. The normalized spacial score (nSPS) is 11.7. The zero-order chi connectivity index (χ0) is 9.26. The molecular weight excluding hydrogens is 188 g/mol. The zero-order valence-electron chi connectivity index (χ0n) is 7.15. The van der Waals surface area contributed by atoms with Gasteiger partial charge in [0.1, 0.15) is 0 Å². The molecule has 5 nitrogen and oxygen atoms in total. The van der Waals surface area contributed by atoms with Crippen LogP contribution in [0.5, 0.6) is 11.5 Å². The lowest BCUT2D eigenvalue weighted by Crippen LogP contribution is -1.98. The maximum absolute atomic E-state index is 10.9. The van der Waals surface area contributed by atoms with E-state index >= 15 is 0 Å². The second-order valence-corrected chi connectivity index (χ2v) is 2.55. The van der Waals surface area contributed by atoms with Gasteiger partial charge in [-0.1, -0.05) is 0 Å². The number of hydrogen-bond acceptors (Lipinski definition) is 4. The first-order valence-corrected chi connectivity index (χ1v) is 3.70. The predicted molar refractivity (Wildman–Crippen MR) is 46.6 cm³/mol. The summed E-state index contributed by atoms with van der Waals surface area (Å²) in [6, 6.07) is 4.64. The second-order valence-electron chi connectivity index (χ2n) is 2.55. The summed E-state index contributed by atoms with van der Waals surface area (Å²) in [4.78, 5) is 21.1. The molecule has 0 saturated heterocycles. The molecule has 0 fully saturated rings. The van der Waals surface area contributed by atoms with Gasteiger partial charge in [-0.15, -0.1) is 0 Å². The lowest BCUT2D eigenvalue weighted by molar-refractivity contribution is -0.104.